The topological polar surface area (TPSA) is 66.9 Å². The number of benzene rings is 3. The first-order valence-corrected chi connectivity index (χ1v) is 11.8. The van der Waals surface area contributed by atoms with Gasteiger partial charge < -0.3 is 14.6 Å². The highest BCUT2D eigenvalue weighted by Crippen LogP contribution is 2.34. The molecule has 170 valence electrons. The van der Waals surface area contributed by atoms with Gasteiger partial charge >= 0.3 is 0 Å². The minimum Gasteiger partial charge on any atom is -0.491 e. The normalized spacial score (nSPS) is 13.7. The lowest BCUT2D eigenvalue weighted by Crippen LogP contribution is -2.26. The van der Waals surface area contributed by atoms with Gasteiger partial charge in [-0.1, -0.05) is 25.1 Å². The maximum Gasteiger partial charge on any atom is 0.140 e. The Hall–Kier alpha value is -3.93. The summed E-state index contributed by atoms with van der Waals surface area (Å²) >= 11 is 0. The minimum atomic E-state index is 0.615. The fourth-order valence-electron chi connectivity index (χ4n) is 4.93. The van der Waals surface area contributed by atoms with Crippen LogP contribution in [0.4, 0.5) is 5.82 Å². The van der Waals surface area contributed by atoms with Crippen molar-refractivity contribution >= 4 is 27.8 Å². The number of aryl methyl sites for hydroxylation is 3. The largest absolute Gasteiger partial charge is 0.491 e. The summed E-state index contributed by atoms with van der Waals surface area (Å²) in [6.07, 6.45) is 2.67. The molecule has 0 saturated heterocycles. The zero-order valence-corrected chi connectivity index (χ0v) is 19.7. The highest BCUT2D eigenvalue weighted by molar-refractivity contribution is 5.92. The van der Waals surface area contributed by atoms with Crippen molar-refractivity contribution in [3.8, 4) is 16.9 Å². The summed E-state index contributed by atoms with van der Waals surface area (Å²) in [5.74, 6) is 2.84. The van der Waals surface area contributed by atoms with Crippen molar-refractivity contribution in [3.63, 3.8) is 0 Å². The molecule has 2 aromatic heterocycles. The molecule has 0 amide bonds. The van der Waals surface area contributed by atoms with Crippen LogP contribution in [0.2, 0.25) is 0 Å². The molecule has 3 heterocycles. The monoisotopic (exact) mass is 449 g/mol. The standard InChI is InChI=1S/C28H27N5O/c1-4-19-11-17(2)27-23(12-19)28(30-16-29-27)33-9-10-34-26-8-6-20(13-22(26)15-33)21-5-7-24-25(14-21)32-18(3)31-24/h5-8,11-14,16H,4,9-10,15H2,1-3H3,(H,31,32). The Morgan fingerprint density at radius 1 is 1.00 bits per heavy atom. The van der Waals surface area contributed by atoms with E-state index in [0.29, 0.717) is 6.61 Å². The number of fused-ring (bicyclic) bond motifs is 3. The zero-order valence-electron chi connectivity index (χ0n) is 19.7. The van der Waals surface area contributed by atoms with Crippen LogP contribution in [0.25, 0.3) is 33.1 Å². The molecule has 5 aromatic rings. The van der Waals surface area contributed by atoms with E-state index in [4.69, 9.17) is 9.72 Å². The molecule has 1 N–H and O–H groups in total. The second-order valence-electron chi connectivity index (χ2n) is 9.01. The van der Waals surface area contributed by atoms with Gasteiger partial charge in [0, 0.05) is 17.5 Å². The number of hydrogen-bond acceptors (Lipinski definition) is 5. The summed E-state index contributed by atoms with van der Waals surface area (Å²) in [4.78, 5) is 19.5. The summed E-state index contributed by atoms with van der Waals surface area (Å²) in [5.41, 5.74) is 9.03. The van der Waals surface area contributed by atoms with Crippen LogP contribution in [0.15, 0.2) is 54.9 Å². The molecule has 0 radical (unpaired) electrons. The fraction of sp³-hybridized carbons (Fsp3) is 0.250. The number of imidazole rings is 1. The van der Waals surface area contributed by atoms with Gasteiger partial charge in [0.05, 0.1) is 23.1 Å². The molecular weight excluding hydrogens is 422 g/mol. The van der Waals surface area contributed by atoms with Crippen molar-refractivity contribution in [1.82, 2.24) is 19.9 Å². The molecule has 0 saturated carbocycles. The van der Waals surface area contributed by atoms with Gasteiger partial charge in [-0.15, -0.1) is 0 Å². The molecule has 3 aromatic carbocycles. The summed E-state index contributed by atoms with van der Waals surface area (Å²) in [5, 5.41) is 1.11. The van der Waals surface area contributed by atoms with E-state index in [1.807, 2.05) is 6.92 Å². The molecular formula is C28H27N5O. The number of H-pyrrole nitrogens is 1. The molecule has 0 atom stereocenters. The summed E-state index contributed by atoms with van der Waals surface area (Å²) in [7, 11) is 0. The number of aromatic amines is 1. The Kier molecular flexibility index (Phi) is 4.94. The van der Waals surface area contributed by atoms with Crippen molar-refractivity contribution < 1.29 is 4.74 Å². The molecule has 6 heteroatoms. The van der Waals surface area contributed by atoms with Gasteiger partial charge in [-0.3, -0.25) is 0 Å². The van der Waals surface area contributed by atoms with E-state index in [1.165, 1.54) is 11.1 Å². The molecule has 1 aliphatic rings. The smallest absolute Gasteiger partial charge is 0.140 e. The van der Waals surface area contributed by atoms with Crippen LogP contribution in [0.3, 0.4) is 0 Å². The van der Waals surface area contributed by atoms with Crippen LogP contribution < -0.4 is 9.64 Å². The third kappa shape index (κ3) is 3.55. The predicted octanol–water partition coefficient (Wildman–Crippen LogP) is 5.75. The molecule has 0 spiro atoms. The molecule has 0 bridgehead atoms. The lowest BCUT2D eigenvalue weighted by molar-refractivity contribution is 0.331. The highest BCUT2D eigenvalue weighted by Gasteiger charge is 2.20. The fourth-order valence-corrected chi connectivity index (χ4v) is 4.93. The first kappa shape index (κ1) is 20.7. The van der Waals surface area contributed by atoms with Crippen molar-refractivity contribution in [3.05, 3.63) is 77.4 Å². The van der Waals surface area contributed by atoms with Crippen LogP contribution in [0.1, 0.15) is 29.4 Å². The van der Waals surface area contributed by atoms with Crippen LogP contribution in [-0.4, -0.2) is 33.1 Å². The number of hydrogen-bond donors (Lipinski definition) is 1. The van der Waals surface area contributed by atoms with Crippen molar-refractivity contribution in [1.29, 1.82) is 0 Å². The SMILES string of the molecule is CCc1cc(C)c2ncnc(N3CCOc4ccc(-c5ccc6nc(C)[nH]c6c5)cc4C3)c2c1. The van der Waals surface area contributed by atoms with Gasteiger partial charge in [-0.2, -0.15) is 0 Å². The van der Waals surface area contributed by atoms with E-state index in [9.17, 15) is 0 Å². The number of aromatic nitrogens is 4. The number of rotatable bonds is 3. The van der Waals surface area contributed by atoms with Crippen molar-refractivity contribution in [2.45, 2.75) is 33.7 Å². The minimum absolute atomic E-state index is 0.615. The maximum absolute atomic E-state index is 6.14. The molecule has 0 unspecified atom stereocenters. The van der Waals surface area contributed by atoms with Crippen LogP contribution in [0, 0.1) is 13.8 Å². The summed E-state index contributed by atoms with van der Waals surface area (Å²) in [6, 6.07) is 17.3. The average molecular weight is 450 g/mol. The molecule has 34 heavy (non-hydrogen) atoms. The van der Waals surface area contributed by atoms with Crippen LogP contribution in [0.5, 0.6) is 5.75 Å². The lowest BCUT2D eigenvalue weighted by Gasteiger charge is -2.23. The summed E-state index contributed by atoms with van der Waals surface area (Å²) in [6.45, 7) is 8.41. The van der Waals surface area contributed by atoms with Crippen molar-refractivity contribution in [2.75, 3.05) is 18.1 Å². The average Bonchev–Trinajstić information content (AvgIpc) is 3.09. The highest BCUT2D eigenvalue weighted by atomic mass is 16.5. The number of nitrogens with one attached hydrogen (secondary N) is 1. The van der Waals surface area contributed by atoms with Gasteiger partial charge in [-0.05, 0) is 72.9 Å². The van der Waals surface area contributed by atoms with Gasteiger partial charge in [0.2, 0.25) is 0 Å². The number of anilines is 1. The van der Waals surface area contributed by atoms with E-state index in [0.717, 1.165) is 75.5 Å². The zero-order chi connectivity index (χ0) is 23.2. The first-order valence-electron chi connectivity index (χ1n) is 11.8. The van der Waals surface area contributed by atoms with Gasteiger partial charge in [0.1, 0.15) is 30.3 Å². The molecule has 1 aliphatic heterocycles. The van der Waals surface area contributed by atoms with E-state index in [-0.39, 0.29) is 0 Å². The Labute approximate surface area is 198 Å². The van der Waals surface area contributed by atoms with E-state index in [2.05, 4.69) is 82.2 Å². The van der Waals surface area contributed by atoms with Gasteiger partial charge in [0.25, 0.3) is 0 Å². The quantitative estimate of drug-likeness (QED) is 0.380. The Balaban J connectivity index is 1.40. The first-order chi connectivity index (χ1) is 16.6. The third-order valence-electron chi connectivity index (χ3n) is 6.65. The van der Waals surface area contributed by atoms with Gasteiger partial charge in [0.15, 0.2) is 0 Å². The van der Waals surface area contributed by atoms with Crippen LogP contribution in [-0.2, 0) is 13.0 Å². The molecule has 6 nitrogen and oxygen atoms in total. The number of nitrogens with zero attached hydrogens (tertiary/aromatic N) is 4. The van der Waals surface area contributed by atoms with Gasteiger partial charge in [-0.25, -0.2) is 15.0 Å². The third-order valence-corrected chi connectivity index (χ3v) is 6.65. The molecule has 6 rings (SSSR count). The van der Waals surface area contributed by atoms with E-state index < -0.39 is 0 Å². The Morgan fingerprint density at radius 2 is 1.85 bits per heavy atom. The number of ether oxygens (including phenoxy) is 1. The van der Waals surface area contributed by atoms with Crippen LogP contribution >= 0.6 is 0 Å². The Morgan fingerprint density at radius 3 is 2.74 bits per heavy atom. The van der Waals surface area contributed by atoms with E-state index in [1.54, 1.807) is 6.33 Å². The predicted molar refractivity (Wildman–Crippen MR) is 136 cm³/mol. The summed E-state index contributed by atoms with van der Waals surface area (Å²) < 4.78 is 6.14. The second-order valence-corrected chi connectivity index (χ2v) is 9.01. The Bertz CT molecular complexity index is 1540. The van der Waals surface area contributed by atoms with E-state index >= 15 is 0 Å². The molecule has 0 aliphatic carbocycles. The second kappa shape index (κ2) is 8.13. The maximum atomic E-state index is 6.14. The van der Waals surface area contributed by atoms with Crippen molar-refractivity contribution in [2.24, 2.45) is 0 Å². The molecule has 0 fully saturated rings. The lowest BCUT2D eigenvalue weighted by atomic mass is 10.0.